The van der Waals surface area contributed by atoms with Crippen LogP contribution in [0.5, 0.6) is 0 Å². The number of piperazine rings is 1. The van der Waals surface area contributed by atoms with Gasteiger partial charge >= 0.3 is 0 Å². The summed E-state index contributed by atoms with van der Waals surface area (Å²) in [5, 5.41) is 3.43. The van der Waals surface area contributed by atoms with Gasteiger partial charge in [-0.2, -0.15) is 0 Å². The van der Waals surface area contributed by atoms with Gasteiger partial charge in [0.1, 0.15) is 0 Å². The van der Waals surface area contributed by atoms with Crippen molar-refractivity contribution in [1.29, 1.82) is 0 Å². The third-order valence-corrected chi connectivity index (χ3v) is 3.75. The lowest BCUT2D eigenvalue weighted by molar-refractivity contribution is -0.0482. The molecule has 2 atom stereocenters. The molecule has 4 nitrogen and oxygen atoms in total. The maximum absolute atomic E-state index is 5.86. The molecule has 0 aromatic carbocycles. The maximum Gasteiger partial charge on any atom is 0.0829 e. The van der Waals surface area contributed by atoms with Crippen LogP contribution in [0.4, 0.5) is 0 Å². The van der Waals surface area contributed by atoms with Gasteiger partial charge in [-0.15, -0.1) is 0 Å². The summed E-state index contributed by atoms with van der Waals surface area (Å²) >= 11 is 0. The van der Waals surface area contributed by atoms with Crippen molar-refractivity contribution in [2.75, 3.05) is 52.4 Å². The number of likely N-dealkylation sites (N-methyl/N-ethyl adjacent to an activating group) is 1. The first-order valence-corrected chi connectivity index (χ1v) is 6.58. The van der Waals surface area contributed by atoms with Crippen LogP contribution in [0, 0.1) is 0 Å². The average Bonchev–Trinajstić information content (AvgIpc) is 2.32. The highest BCUT2D eigenvalue weighted by atomic mass is 16.5. The Labute approximate surface area is 98.9 Å². The van der Waals surface area contributed by atoms with Gasteiger partial charge in [0.25, 0.3) is 0 Å². The van der Waals surface area contributed by atoms with E-state index in [1.54, 1.807) is 0 Å². The molecule has 2 aliphatic rings. The molecule has 2 aliphatic heterocycles. The van der Waals surface area contributed by atoms with E-state index in [1.807, 2.05) is 0 Å². The van der Waals surface area contributed by atoms with E-state index < -0.39 is 0 Å². The van der Waals surface area contributed by atoms with Crippen molar-refractivity contribution in [3.8, 4) is 0 Å². The van der Waals surface area contributed by atoms with Crippen molar-refractivity contribution in [2.45, 2.75) is 26.0 Å². The predicted molar refractivity (Wildman–Crippen MR) is 65.8 cm³/mol. The van der Waals surface area contributed by atoms with Gasteiger partial charge in [0.05, 0.1) is 12.7 Å². The molecular weight excluding hydrogens is 202 g/mol. The van der Waals surface area contributed by atoms with E-state index in [-0.39, 0.29) is 0 Å². The number of hydrogen-bond donors (Lipinski definition) is 1. The molecule has 0 aliphatic carbocycles. The van der Waals surface area contributed by atoms with Crippen LogP contribution in [0.2, 0.25) is 0 Å². The van der Waals surface area contributed by atoms with Gasteiger partial charge in [-0.05, 0) is 13.5 Å². The summed E-state index contributed by atoms with van der Waals surface area (Å²) in [7, 11) is 0. The topological polar surface area (TPSA) is 27.7 Å². The summed E-state index contributed by atoms with van der Waals surface area (Å²) in [6.07, 6.45) is 0.411. The summed E-state index contributed by atoms with van der Waals surface area (Å²) < 4.78 is 5.86. The third kappa shape index (κ3) is 3.17. The second kappa shape index (κ2) is 5.96. The van der Waals surface area contributed by atoms with Gasteiger partial charge in [0.15, 0.2) is 0 Å². The van der Waals surface area contributed by atoms with Crippen LogP contribution in [0.15, 0.2) is 0 Å². The molecule has 4 heteroatoms. The highest BCUT2D eigenvalue weighted by Crippen LogP contribution is 2.10. The molecule has 0 radical (unpaired) electrons. The third-order valence-electron chi connectivity index (χ3n) is 3.75. The average molecular weight is 227 g/mol. The minimum absolute atomic E-state index is 0.411. The summed E-state index contributed by atoms with van der Waals surface area (Å²) in [5.74, 6) is 0. The number of nitrogens with zero attached hydrogens (tertiary/aromatic N) is 2. The minimum atomic E-state index is 0.411. The summed E-state index contributed by atoms with van der Waals surface area (Å²) in [5.41, 5.74) is 0. The molecule has 0 spiro atoms. The van der Waals surface area contributed by atoms with Gasteiger partial charge in [0, 0.05) is 45.3 Å². The Bertz CT molecular complexity index is 212. The van der Waals surface area contributed by atoms with Crippen molar-refractivity contribution in [3.63, 3.8) is 0 Å². The van der Waals surface area contributed by atoms with E-state index in [9.17, 15) is 0 Å². The highest BCUT2D eigenvalue weighted by Gasteiger charge is 2.25. The Morgan fingerprint density at radius 2 is 2.25 bits per heavy atom. The Kier molecular flexibility index (Phi) is 4.58. The van der Waals surface area contributed by atoms with Crippen molar-refractivity contribution in [1.82, 2.24) is 15.1 Å². The molecule has 2 saturated heterocycles. The molecule has 0 saturated carbocycles. The number of ether oxygens (including phenoxy) is 1. The first kappa shape index (κ1) is 12.3. The fourth-order valence-electron chi connectivity index (χ4n) is 2.59. The summed E-state index contributed by atoms with van der Waals surface area (Å²) in [6.45, 7) is 13.3. The van der Waals surface area contributed by atoms with Crippen molar-refractivity contribution >= 4 is 0 Å². The predicted octanol–water partition coefficient (Wildman–Crippen LogP) is 0.000800. The molecule has 0 bridgehead atoms. The monoisotopic (exact) mass is 227 g/mol. The zero-order chi connectivity index (χ0) is 11.4. The van der Waals surface area contributed by atoms with Crippen LogP contribution in [-0.2, 0) is 4.74 Å². The largest absolute Gasteiger partial charge is 0.374 e. The molecule has 16 heavy (non-hydrogen) atoms. The standard InChI is InChI=1S/C12H25N3O/c1-3-14-6-7-16-12(9-14)10-15-5-4-13-8-11(15)2/h11-13H,3-10H2,1-2H3/t11-,12?/m1/s1. The number of hydrogen-bond acceptors (Lipinski definition) is 4. The molecule has 2 fully saturated rings. The van der Waals surface area contributed by atoms with Gasteiger partial charge in [-0.3, -0.25) is 9.80 Å². The fourth-order valence-corrected chi connectivity index (χ4v) is 2.59. The fraction of sp³-hybridized carbons (Fsp3) is 1.00. The molecule has 2 heterocycles. The van der Waals surface area contributed by atoms with Gasteiger partial charge in [0.2, 0.25) is 0 Å². The van der Waals surface area contributed by atoms with Crippen LogP contribution in [0.1, 0.15) is 13.8 Å². The Morgan fingerprint density at radius 3 is 3.00 bits per heavy atom. The molecule has 2 rings (SSSR count). The van der Waals surface area contributed by atoms with E-state index in [2.05, 4.69) is 29.0 Å². The van der Waals surface area contributed by atoms with Crippen molar-refractivity contribution in [3.05, 3.63) is 0 Å². The quantitative estimate of drug-likeness (QED) is 0.734. The van der Waals surface area contributed by atoms with Gasteiger partial charge in [-0.1, -0.05) is 6.92 Å². The molecule has 0 aromatic heterocycles. The van der Waals surface area contributed by atoms with Crippen LogP contribution in [-0.4, -0.2) is 74.4 Å². The summed E-state index contributed by atoms with van der Waals surface area (Å²) in [4.78, 5) is 5.04. The lowest BCUT2D eigenvalue weighted by atomic mass is 10.1. The molecule has 0 amide bonds. The molecular formula is C12H25N3O. The van der Waals surface area contributed by atoms with Crippen molar-refractivity contribution < 1.29 is 4.74 Å². The Hall–Kier alpha value is -0.160. The zero-order valence-corrected chi connectivity index (χ0v) is 10.6. The van der Waals surface area contributed by atoms with E-state index >= 15 is 0 Å². The second-order valence-corrected chi connectivity index (χ2v) is 4.93. The van der Waals surface area contributed by atoms with Crippen LogP contribution >= 0.6 is 0 Å². The maximum atomic E-state index is 5.86. The SMILES string of the molecule is CCN1CCOC(CN2CCNC[C@H]2C)C1. The second-order valence-electron chi connectivity index (χ2n) is 4.93. The van der Waals surface area contributed by atoms with E-state index in [1.165, 1.54) is 0 Å². The smallest absolute Gasteiger partial charge is 0.0829 e. The van der Waals surface area contributed by atoms with Crippen LogP contribution in [0.25, 0.3) is 0 Å². The number of nitrogens with one attached hydrogen (secondary N) is 1. The molecule has 1 unspecified atom stereocenters. The highest BCUT2D eigenvalue weighted by molar-refractivity contribution is 4.81. The van der Waals surface area contributed by atoms with Crippen molar-refractivity contribution in [2.24, 2.45) is 0 Å². The summed E-state index contributed by atoms with van der Waals surface area (Å²) in [6, 6.07) is 0.648. The van der Waals surface area contributed by atoms with Crippen LogP contribution in [0.3, 0.4) is 0 Å². The number of rotatable bonds is 3. The lowest BCUT2D eigenvalue weighted by Crippen LogP contribution is -2.55. The molecule has 1 N–H and O–H groups in total. The zero-order valence-electron chi connectivity index (χ0n) is 10.6. The first-order valence-electron chi connectivity index (χ1n) is 6.58. The normalized spacial score (nSPS) is 34.1. The number of morpholine rings is 1. The van der Waals surface area contributed by atoms with E-state index in [0.717, 1.165) is 52.4 Å². The Morgan fingerprint density at radius 1 is 1.38 bits per heavy atom. The molecule has 94 valence electrons. The molecule has 0 aromatic rings. The van der Waals surface area contributed by atoms with E-state index in [0.29, 0.717) is 12.1 Å². The van der Waals surface area contributed by atoms with Gasteiger partial charge < -0.3 is 10.1 Å². The van der Waals surface area contributed by atoms with Gasteiger partial charge in [-0.25, -0.2) is 0 Å². The van der Waals surface area contributed by atoms with E-state index in [4.69, 9.17) is 4.74 Å². The van der Waals surface area contributed by atoms with Crippen LogP contribution < -0.4 is 5.32 Å². The lowest BCUT2D eigenvalue weighted by Gasteiger charge is -2.39. The first-order chi connectivity index (χ1) is 7.79. The minimum Gasteiger partial charge on any atom is -0.374 e. The Balaban J connectivity index is 1.79.